The van der Waals surface area contributed by atoms with E-state index in [0.29, 0.717) is 4.47 Å². The number of sulfonamides is 1. The Bertz CT molecular complexity index is 964. The molecule has 0 saturated carbocycles. The molecular formula is C15H14FN3O6S. The summed E-state index contributed by atoms with van der Waals surface area (Å²) in [5, 5.41) is 13.1. The highest BCUT2D eigenvalue weighted by atomic mass is 32.2. The van der Waals surface area contributed by atoms with E-state index in [4.69, 9.17) is 0 Å². The van der Waals surface area contributed by atoms with E-state index in [1.165, 1.54) is 32.4 Å². The third kappa shape index (κ3) is 4.02. The number of nitro groups is 1. The zero-order valence-corrected chi connectivity index (χ0v) is 14.5. The van der Waals surface area contributed by atoms with E-state index < -0.39 is 32.4 Å². The number of hydroxylamine groups is 1. The number of carbonyl (C=O) groups is 1. The molecule has 9 nitrogen and oxygen atoms in total. The van der Waals surface area contributed by atoms with Gasteiger partial charge in [0.1, 0.15) is 0 Å². The molecule has 1 amide bonds. The Kier molecular flexibility index (Phi) is 5.65. The number of rotatable bonds is 6. The molecule has 0 heterocycles. The average Bonchev–Trinajstić information content (AvgIpc) is 2.62. The van der Waals surface area contributed by atoms with Crippen LogP contribution >= 0.6 is 0 Å². The quantitative estimate of drug-likeness (QED) is 0.603. The highest BCUT2D eigenvalue weighted by Gasteiger charge is 2.22. The predicted octanol–water partition coefficient (Wildman–Crippen LogP) is 2.17. The monoisotopic (exact) mass is 383 g/mol. The molecular weight excluding hydrogens is 369 g/mol. The largest absolute Gasteiger partial charge is 0.322 e. The molecule has 0 spiro atoms. The van der Waals surface area contributed by atoms with Gasteiger partial charge in [-0.15, -0.1) is 0 Å². The van der Waals surface area contributed by atoms with Crippen molar-refractivity contribution >= 4 is 27.3 Å². The van der Waals surface area contributed by atoms with E-state index in [1.54, 1.807) is 0 Å². The lowest BCUT2D eigenvalue weighted by Gasteiger charge is -2.14. The summed E-state index contributed by atoms with van der Waals surface area (Å²) < 4.78 is 38.4. The minimum absolute atomic E-state index is 0.00892. The smallest absolute Gasteiger partial charge is 0.306 e. The maximum absolute atomic E-state index is 13.3. The fraction of sp³-hybridized carbons (Fsp3) is 0.133. The summed E-state index contributed by atoms with van der Waals surface area (Å²) in [5.41, 5.74) is -0.811. The molecule has 2 rings (SSSR count). The number of hydrogen-bond donors (Lipinski definition) is 1. The van der Waals surface area contributed by atoms with Gasteiger partial charge in [0.05, 0.1) is 16.9 Å². The fourth-order valence-electron chi connectivity index (χ4n) is 1.98. The molecule has 2 aromatic rings. The van der Waals surface area contributed by atoms with Gasteiger partial charge >= 0.3 is 5.69 Å². The minimum atomic E-state index is -3.95. The molecule has 0 aromatic heterocycles. The molecule has 11 heteroatoms. The zero-order valence-electron chi connectivity index (χ0n) is 13.7. The first kappa shape index (κ1) is 19.4. The second-order valence-electron chi connectivity index (χ2n) is 5.00. The summed E-state index contributed by atoms with van der Waals surface area (Å²) in [6, 6.07) is 7.99. The van der Waals surface area contributed by atoms with Crippen LogP contribution in [0.5, 0.6) is 0 Å². The highest BCUT2D eigenvalue weighted by molar-refractivity contribution is 7.89. The Morgan fingerprint density at radius 2 is 1.96 bits per heavy atom. The minimum Gasteiger partial charge on any atom is -0.322 e. The van der Waals surface area contributed by atoms with Gasteiger partial charge in [0.25, 0.3) is 15.9 Å². The first-order chi connectivity index (χ1) is 12.2. The van der Waals surface area contributed by atoms with E-state index >= 15 is 0 Å². The van der Waals surface area contributed by atoms with Gasteiger partial charge < -0.3 is 5.32 Å². The van der Waals surface area contributed by atoms with E-state index in [0.717, 1.165) is 24.3 Å². The topological polar surface area (TPSA) is 119 Å². The highest BCUT2D eigenvalue weighted by Crippen LogP contribution is 2.22. The van der Waals surface area contributed by atoms with Crippen molar-refractivity contribution < 1.29 is 27.4 Å². The van der Waals surface area contributed by atoms with Gasteiger partial charge in [0.2, 0.25) is 5.82 Å². The zero-order chi connectivity index (χ0) is 19.5. The number of nitro benzene ring substituents is 1. The Balaban J connectivity index is 2.30. The van der Waals surface area contributed by atoms with Gasteiger partial charge in [0.15, 0.2) is 0 Å². The second kappa shape index (κ2) is 7.56. The van der Waals surface area contributed by atoms with Crippen molar-refractivity contribution in [3.8, 4) is 0 Å². The summed E-state index contributed by atoms with van der Waals surface area (Å²) in [6.07, 6.45) is 0. The van der Waals surface area contributed by atoms with Crippen LogP contribution < -0.4 is 5.32 Å². The number of halogens is 1. The normalized spacial score (nSPS) is 11.4. The van der Waals surface area contributed by atoms with Crippen molar-refractivity contribution in [3.05, 3.63) is 64.0 Å². The van der Waals surface area contributed by atoms with Crippen LogP contribution in [0, 0.1) is 15.9 Å². The standard InChI is InChI=1S/C15H14FN3O6S/c1-18(25-2)26(23,24)12-5-3-4-10(8-12)15(20)17-11-6-7-13(16)14(9-11)19(21)22/h3-9H,1-2H3,(H,17,20). The van der Waals surface area contributed by atoms with Crippen molar-refractivity contribution in [2.24, 2.45) is 0 Å². The van der Waals surface area contributed by atoms with Crippen LogP contribution in [-0.2, 0) is 14.9 Å². The third-order valence-electron chi connectivity index (χ3n) is 3.39. The van der Waals surface area contributed by atoms with E-state index in [-0.39, 0.29) is 16.1 Å². The van der Waals surface area contributed by atoms with Crippen LogP contribution in [0.1, 0.15) is 10.4 Å². The maximum Gasteiger partial charge on any atom is 0.306 e. The predicted molar refractivity (Wildman–Crippen MR) is 89.4 cm³/mol. The first-order valence-electron chi connectivity index (χ1n) is 7.05. The number of carbonyl (C=O) groups excluding carboxylic acids is 1. The van der Waals surface area contributed by atoms with Crippen LogP contribution in [0.2, 0.25) is 0 Å². The summed E-state index contributed by atoms with van der Waals surface area (Å²) in [7, 11) is -1.58. The molecule has 0 unspecified atom stereocenters. The van der Waals surface area contributed by atoms with Crippen molar-refractivity contribution in [1.29, 1.82) is 0 Å². The van der Waals surface area contributed by atoms with Crippen LogP contribution in [0.4, 0.5) is 15.8 Å². The molecule has 0 bridgehead atoms. The molecule has 0 radical (unpaired) electrons. The number of benzene rings is 2. The fourth-order valence-corrected chi connectivity index (χ4v) is 3.00. The Morgan fingerprint density at radius 3 is 2.58 bits per heavy atom. The van der Waals surface area contributed by atoms with Gasteiger partial charge in [-0.05, 0) is 30.3 Å². The lowest BCUT2D eigenvalue weighted by atomic mass is 10.2. The van der Waals surface area contributed by atoms with Gasteiger partial charge in [-0.3, -0.25) is 19.7 Å². The third-order valence-corrected chi connectivity index (χ3v) is 5.07. The summed E-state index contributed by atoms with van der Waals surface area (Å²) in [5.74, 6) is -1.76. The summed E-state index contributed by atoms with van der Waals surface area (Å²) >= 11 is 0. The molecule has 138 valence electrons. The number of amides is 1. The summed E-state index contributed by atoms with van der Waals surface area (Å²) in [4.78, 5) is 26.6. The van der Waals surface area contributed by atoms with Gasteiger partial charge in [-0.2, -0.15) is 4.39 Å². The second-order valence-corrected chi connectivity index (χ2v) is 6.94. The van der Waals surface area contributed by atoms with Crippen molar-refractivity contribution in [1.82, 2.24) is 4.47 Å². The van der Waals surface area contributed by atoms with Crippen molar-refractivity contribution in [2.75, 3.05) is 19.5 Å². The van der Waals surface area contributed by atoms with Gasteiger partial charge in [-0.1, -0.05) is 10.5 Å². The lowest BCUT2D eigenvalue weighted by Crippen LogP contribution is -2.26. The molecule has 2 aromatic carbocycles. The Morgan fingerprint density at radius 1 is 1.27 bits per heavy atom. The van der Waals surface area contributed by atoms with Crippen LogP contribution in [0.3, 0.4) is 0 Å². The van der Waals surface area contributed by atoms with Crippen LogP contribution in [-0.4, -0.2) is 37.9 Å². The molecule has 0 aliphatic heterocycles. The molecule has 0 fully saturated rings. The number of anilines is 1. The molecule has 0 saturated heterocycles. The Labute approximate surface area is 148 Å². The number of hydrogen-bond acceptors (Lipinski definition) is 6. The van der Waals surface area contributed by atoms with E-state index in [1.807, 2.05) is 0 Å². The van der Waals surface area contributed by atoms with Crippen LogP contribution in [0.25, 0.3) is 0 Å². The molecule has 1 N–H and O–H groups in total. The van der Waals surface area contributed by atoms with E-state index in [2.05, 4.69) is 10.2 Å². The molecule has 0 aliphatic rings. The van der Waals surface area contributed by atoms with Crippen molar-refractivity contribution in [2.45, 2.75) is 4.90 Å². The SMILES string of the molecule is CON(C)S(=O)(=O)c1cccc(C(=O)Nc2ccc(F)c([N+](=O)[O-])c2)c1. The molecule has 0 aliphatic carbocycles. The molecule has 0 atom stereocenters. The molecule has 26 heavy (non-hydrogen) atoms. The van der Waals surface area contributed by atoms with Gasteiger partial charge in [-0.25, -0.2) is 8.42 Å². The number of nitrogens with zero attached hydrogens (tertiary/aromatic N) is 2. The summed E-state index contributed by atoms with van der Waals surface area (Å²) in [6.45, 7) is 0. The first-order valence-corrected chi connectivity index (χ1v) is 8.49. The van der Waals surface area contributed by atoms with E-state index in [9.17, 15) is 27.7 Å². The van der Waals surface area contributed by atoms with Crippen molar-refractivity contribution in [3.63, 3.8) is 0 Å². The van der Waals surface area contributed by atoms with Gasteiger partial charge in [0, 0.05) is 24.4 Å². The number of nitrogens with one attached hydrogen (secondary N) is 1. The lowest BCUT2D eigenvalue weighted by molar-refractivity contribution is -0.387. The average molecular weight is 383 g/mol. The Hall–Kier alpha value is -2.89. The maximum atomic E-state index is 13.3. The van der Waals surface area contributed by atoms with Crippen LogP contribution in [0.15, 0.2) is 47.4 Å².